The third-order valence-corrected chi connectivity index (χ3v) is 14.3. The Morgan fingerprint density at radius 3 is 2.28 bits per heavy atom. The number of rotatable bonds is 7. The summed E-state index contributed by atoms with van der Waals surface area (Å²) in [6, 6.07) is 13.7. The summed E-state index contributed by atoms with van der Waals surface area (Å²) >= 11 is 0. The van der Waals surface area contributed by atoms with Crippen molar-refractivity contribution >= 4 is 51.8 Å². The van der Waals surface area contributed by atoms with Crippen LogP contribution in [0.2, 0.25) is 0 Å². The average molecular weight is 882 g/mol. The van der Waals surface area contributed by atoms with Crippen molar-refractivity contribution in [1.82, 2.24) is 49.8 Å². The van der Waals surface area contributed by atoms with Gasteiger partial charge in [0, 0.05) is 69.3 Å². The Labute approximate surface area is 376 Å². The number of pyridine rings is 1. The number of anilines is 4. The third-order valence-electron chi connectivity index (χ3n) is 14.3. The largest absolute Gasteiger partial charge is 0.384 e. The molecular formula is C47H55N13O5. The first-order valence-electron chi connectivity index (χ1n) is 22.9. The lowest BCUT2D eigenvalue weighted by molar-refractivity contribution is -0.134. The van der Waals surface area contributed by atoms with Gasteiger partial charge in [-0.1, -0.05) is 18.2 Å². The molecule has 5 aliphatic rings. The lowest BCUT2D eigenvalue weighted by Crippen LogP contribution is -2.52. The summed E-state index contributed by atoms with van der Waals surface area (Å²) in [6.07, 6.45) is 17.7. The zero-order valence-electron chi connectivity index (χ0n) is 36.7. The Morgan fingerprint density at radius 1 is 0.800 bits per heavy atom. The predicted molar refractivity (Wildman–Crippen MR) is 244 cm³/mol. The van der Waals surface area contributed by atoms with Gasteiger partial charge in [0.1, 0.15) is 17.0 Å². The normalized spacial score (nSPS) is 23.4. The van der Waals surface area contributed by atoms with Crippen LogP contribution >= 0.6 is 0 Å². The van der Waals surface area contributed by atoms with E-state index in [1.54, 1.807) is 34.9 Å². The number of carbonyl (C=O) groups is 3. The number of piperazine rings is 1. The van der Waals surface area contributed by atoms with Crippen LogP contribution in [0.3, 0.4) is 0 Å². The molecule has 5 aromatic rings. The van der Waals surface area contributed by atoms with E-state index in [0.29, 0.717) is 59.3 Å². The van der Waals surface area contributed by atoms with Gasteiger partial charge in [0.05, 0.1) is 30.3 Å². The molecule has 1 spiro atoms. The van der Waals surface area contributed by atoms with E-state index < -0.39 is 23.5 Å². The molecule has 2 atom stereocenters. The van der Waals surface area contributed by atoms with E-state index in [1.807, 2.05) is 42.5 Å². The van der Waals surface area contributed by atoms with Gasteiger partial charge in [-0.3, -0.25) is 29.4 Å². The second-order valence-electron chi connectivity index (χ2n) is 18.5. The minimum absolute atomic E-state index is 0.00737. The van der Waals surface area contributed by atoms with Crippen LogP contribution in [0, 0.1) is 5.41 Å². The molecule has 4 aliphatic heterocycles. The molecule has 1 aliphatic carbocycles. The van der Waals surface area contributed by atoms with Crippen LogP contribution in [0.1, 0.15) is 87.4 Å². The smallest absolute Gasteiger partial charge is 0.289 e. The Balaban J connectivity index is 0.707. The maximum absolute atomic E-state index is 13.6. The Hall–Kier alpha value is -6.53. The number of benzene rings is 1. The topological polar surface area (TPSA) is 209 Å². The van der Waals surface area contributed by atoms with Crippen molar-refractivity contribution in [3.8, 4) is 5.82 Å². The van der Waals surface area contributed by atoms with Crippen LogP contribution in [0.4, 0.5) is 23.0 Å². The molecule has 3 amide bonds. The number of aliphatic hydroxyl groups is 1. The summed E-state index contributed by atoms with van der Waals surface area (Å²) in [4.78, 5) is 80.0. The van der Waals surface area contributed by atoms with Crippen molar-refractivity contribution in [1.29, 1.82) is 0 Å². The molecule has 10 rings (SSSR count). The molecule has 18 heteroatoms. The molecule has 0 radical (unpaired) electrons. The molecule has 4 N–H and O–H groups in total. The molecule has 4 aromatic heterocycles. The minimum Gasteiger partial charge on any atom is -0.384 e. The number of amides is 3. The van der Waals surface area contributed by atoms with E-state index in [1.165, 1.54) is 31.4 Å². The van der Waals surface area contributed by atoms with Gasteiger partial charge >= 0.3 is 0 Å². The fourth-order valence-electron chi connectivity index (χ4n) is 10.3. The van der Waals surface area contributed by atoms with E-state index in [2.05, 4.69) is 57.7 Å². The van der Waals surface area contributed by atoms with Gasteiger partial charge in [0.2, 0.25) is 23.6 Å². The van der Waals surface area contributed by atoms with Gasteiger partial charge < -0.3 is 25.5 Å². The second kappa shape index (κ2) is 17.5. The summed E-state index contributed by atoms with van der Waals surface area (Å²) in [6.45, 7) is 7.97. The van der Waals surface area contributed by atoms with E-state index in [-0.39, 0.29) is 30.1 Å². The van der Waals surface area contributed by atoms with Gasteiger partial charge in [-0.25, -0.2) is 29.3 Å². The van der Waals surface area contributed by atoms with Crippen molar-refractivity contribution < 1.29 is 19.5 Å². The van der Waals surface area contributed by atoms with Crippen LogP contribution in [0.15, 0.2) is 78.0 Å². The Kier molecular flexibility index (Phi) is 11.4. The highest BCUT2D eigenvalue weighted by atomic mass is 16.3. The summed E-state index contributed by atoms with van der Waals surface area (Å²) in [7, 11) is 0. The lowest BCUT2D eigenvalue weighted by atomic mass is 9.66. The van der Waals surface area contributed by atoms with Crippen LogP contribution in [0.25, 0.3) is 16.9 Å². The van der Waals surface area contributed by atoms with Crippen LogP contribution < -0.4 is 31.3 Å². The van der Waals surface area contributed by atoms with Crippen LogP contribution in [0.5, 0.6) is 0 Å². The molecule has 18 nitrogen and oxygen atoms in total. The molecule has 1 unspecified atom stereocenters. The molecule has 4 fully saturated rings. The number of fused-ring (bicyclic) bond motifs is 6. The fourth-order valence-corrected chi connectivity index (χ4v) is 10.3. The highest BCUT2D eigenvalue weighted by Crippen LogP contribution is 2.46. The van der Waals surface area contributed by atoms with Crippen molar-refractivity contribution in [3.63, 3.8) is 0 Å². The molecule has 2 bridgehead atoms. The van der Waals surface area contributed by atoms with E-state index in [4.69, 9.17) is 9.97 Å². The minimum atomic E-state index is -1.12. The van der Waals surface area contributed by atoms with Gasteiger partial charge in [-0.2, -0.15) is 4.98 Å². The summed E-state index contributed by atoms with van der Waals surface area (Å²) < 4.78 is 3.33. The number of aromatic nitrogens is 7. The van der Waals surface area contributed by atoms with Gasteiger partial charge in [0.25, 0.3) is 11.5 Å². The average Bonchev–Trinajstić information content (AvgIpc) is 3.59. The van der Waals surface area contributed by atoms with E-state index in [9.17, 15) is 24.3 Å². The van der Waals surface area contributed by atoms with Crippen molar-refractivity contribution in [2.75, 3.05) is 54.4 Å². The number of carbonyl (C=O) groups excluding carboxylic acids is 3. The SMILES string of the molecule is C[C@@]1(O)CC/C=C\Cn2c(=O)c3cnc(Nc4ccc(N5CCN(C6CCC7(CC6)CCN(c6cnc(C(=O)NC8CCC(=O)NC8=O)nc6)CC7)CC5)cc4)nc3n2-c2cccc1n2. The molecule has 8 heterocycles. The van der Waals surface area contributed by atoms with Crippen molar-refractivity contribution in [3.05, 3.63) is 95.1 Å². The summed E-state index contributed by atoms with van der Waals surface area (Å²) in [5.41, 5.74) is 2.93. The quantitative estimate of drug-likeness (QED) is 0.135. The maximum atomic E-state index is 13.6. The Morgan fingerprint density at radius 2 is 1.54 bits per heavy atom. The first-order valence-corrected chi connectivity index (χ1v) is 22.9. The predicted octanol–water partition coefficient (Wildman–Crippen LogP) is 3.95. The van der Waals surface area contributed by atoms with E-state index >= 15 is 0 Å². The van der Waals surface area contributed by atoms with Crippen LogP contribution in [-0.4, -0.2) is 113 Å². The number of imide groups is 1. The number of nitrogens with one attached hydrogen (secondary N) is 3. The third kappa shape index (κ3) is 8.71. The van der Waals surface area contributed by atoms with Gasteiger partial charge in [0.15, 0.2) is 11.5 Å². The fraction of sp³-hybridized carbons (Fsp3) is 0.468. The molecule has 65 heavy (non-hydrogen) atoms. The lowest BCUT2D eigenvalue weighted by Gasteiger charge is -2.49. The standard InChI is InChI=1S/C47H55N13O5/c1-46(65)16-3-2-4-21-59-44(64)35-30-50-45(55-41(35)60(59)38-7-5-6-37(46)53-38)51-31-8-10-32(11-9-31)57-24-26-58(27-25-57)33-14-17-47(18-15-33)19-22-56(23-20-47)34-28-48-40(49-29-34)43(63)52-36-12-13-39(61)54-42(36)62/h2,4-11,28-30,33,36,65H,3,12-27H2,1H3,(H,52,63)(H,50,51,55)(H,54,61,62)/b4-2-/t36?,46-/m1/s1. The number of nitrogens with zero attached hydrogens (tertiary/aromatic N) is 10. The molecule has 1 saturated carbocycles. The zero-order chi connectivity index (χ0) is 44.7. The summed E-state index contributed by atoms with van der Waals surface area (Å²) in [5, 5.41) is 19.8. The van der Waals surface area contributed by atoms with Crippen molar-refractivity contribution in [2.45, 2.75) is 95.4 Å². The number of allylic oxidation sites excluding steroid dienone is 2. The van der Waals surface area contributed by atoms with E-state index in [0.717, 1.165) is 63.5 Å². The second-order valence-corrected chi connectivity index (χ2v) is 18.5. The molecular weight excluding hydrogens is 827 g/mol. The van der Waals surface area contributed by atoms with Gasteiger partial charge in [-0.05, 0) is 107 Å². The maximum Gasteiger partial charge on any atom is 0.289 e. The zero-order valence-corrected chi connectivity index (χ0v) is 36.7. The van der Waals surface area contributed by atoms with Crippen LogP contribution in [-0.2, 0) is 21.7 Å². The monoisotopic (exact) mass is 881 g/mol. The highest BCUT2D eigenvalue weighted by molar-refractivity contribution is 6.03. The first kappa shape index (κ1) is 42.4. The van der Waals surface area contributed by atoms with Gasteiger partial charge in [-0.15, -0.1) is 0 Å². The highest BCUT2D eigenvalue weighted by Gasteiger charge is 2.40. The number of hydrogen-bond acceptors (Lipinski definition) is 14. The molecule has 338 valence electrons. The Bertz CT molecular complexity index is 2670. The first-order chi connectivity index (χ1) is 31.5. The van der Waals surface area contributed by atoms with Crippen molar-refractivity contribution in [2.24, 2.45) is 5.41 Å². The number of piperidine rings is 2. The molecule has 3 saturated heterocycles. The number of hydrogen-bond donors (Lipinski definition) is 4. The molecule has 1 aromatic carbocycles. The summed E-state index contributed by atoms with van der Waals surface area (Å²) in [5.74, 6) is -0.483.